The molecule has 1 N–H and O–H groups in total. The summed E-state index contributed by atoms with van der Waals surface area (Å²) in [7, 11) is 0. The molecule has 4 nitrogen and oxygen atoms in total. The van der Waals surface area contributed by atoms with E-state index in [2.05, 4.69) is 27.9 Å². The van der Waals surface area contributed by atoms with E-state index < -0.39 is 5.97 Å². The minimum Gasteiger partial charge on any atom is -0.459 e. The van der Waals surface area contributed by atoms with Crippen LogP contribution in [0.4, 0.5) is 5.69 Å². The van der Waals surface area contributed by atoms with Crippen LogP contribution in [-0.4, -0.2) is 18.0 Å². The van der Waals surface area contributed by atoms with Gasteiger partial charge in [0, 0.05) is 9.26 Å². The maximum absolute atomic E-state index is 12.3. The van der Waals surface area contributed by atoms with Gasteiger partial charge in [-0.05, 0) is 66.8 Å². The summed E-state index contributed by atoms with van der Waals surface area (Å²) in [4.78, 5) is 24.3. The predicted octanol–water partition coefficient (Wildman–Crippen LogP) is 4.76. The van der Waals surface area contributed by atoms with Gasteiger partial charge in [-0.3, -0.25) is 4.79 Å². The first-order chi connectivity index (χ1) is 10.9. The SMILES string of the molecule is CC(C)OC(=O)c1cc(NC(=O)c2ccccc2I)ccc1Cl. The lowest BCUT2D eigenvalue weighted by Gasteiger charge is -2.11. The molecule has 0 aliphatic carbocycles. The van der Waals surface area contributed by atoms with Gasteiger partial charge in [0.2, 0.25) is 0 Å². The monoisotopic (exact) mass is 443 g/mol. The largest absolute Gasteiger partial charge is 0.459 e. The minimum absolute atomic E-state index is 0.223. The van der Waals surface area contributed by atoms with Gasteiger partial charge in [0.15, 0.2) is 0 Å². The lowest BCUT2D eigenvalue weighted by atomic mass is 10.1. The third-order valence-corrected chi connectivity index (χ3v) is 4.18. The Morgan fingerprint density at radius 3 is 2.48 bits per heavy atom. The summed E-state index contributed by atoms with van der Waals surface area (Å²) >= 11 is 8.14. The van der Waals surface area contributed by atoms with Crippen LogP contribution in [0.2, 0.25) is 5.02 Å². The molecule has 0 radical (unpaired) electrons. The van der Waals surface area contributed by atoms with Crippen molar-refractivity contribution in [2.75, 3.05) is 5.32 Å². The molecule has 0 aromatic heterocycles. The zero-order valence-corrected chi connectivity index (χ0v) is 15.5. The van der Waals surface area contributed by atoms with Gasteiger partial charge < -0.3 is 10.1 Å². The van der Waals surface area contributed by atoms with Crippen molar-refractivity contribution in [3.8, 4) is 0 Å². The van der Waals surface area contributed by atoms with Crippen LogP contribution in [0.5, 0.6) is 0 Å². The highest BCUT2D eigenvalue weighted by molar-refractivity contribution is 14.1. The van der Waals surface area contributed by atoms with Gasteiger partial charge in [0.05, 0.1) is 22.3 Å². The fraction of sp³-hybridized carbons (Fsp3) is 0.176. The Balaban J connectivity index is 2.23. The average Bonchev–Trinajstić information content (AvgIpc) is 2.48. The number of amides is 1. The molecule has 0 saturated heterocycles. The van der Waals surface area contributed by atoms with E-state index >= 15 is 0 Å². The molecule has 1 amide bonds. The zero-order chi connectivity index (χ0) is 17.0. The number of ether oxygens (including phenoxy) is 1. The summed E-state index contributed by atoms with van der Waals surface area (Å²) < 4.78 is 5.99. The molecular weight excluding hydrogens is 429 g/mol. The minimum atomic E-state index is -0.518. The van der Waals surface area contributed by atoms with Crippen molar-refractivity contribution in [3.63, 3.8) is 0 Å². The average molecular weight is 444 g/mol. The highest BCUT2D eigenvalue weighted by Gasteiger charge is 2.16. The maximum atomic E-state index is 12.3. The van der Waals surface area contributed by atoms with Crippen LogP contribution < -0.4 is 5.32 Å². The van der Waals surface area contributed by atoms with Crippen molar-refractivity contribution in [3.05, 3.63) is 62.2 Å². The first-order valence-electron chi connectivity index (χ1n) is 6.95. The lowest BCUT2D eigenvalue weighted by molar-refractivity contribution is 0.0378. The number of esters is 1. The molecule has 0 aliphatic rings. The van der Waals surface area contributed by atoms with Crippen LogP contribution in [0.1, 0.15) is 34.6 Å². The second kappa shape index (κ2) is 7.79. The molecule has 2 rings (SSSR count). The Bertz CT molecular complexity index is 746. The fourth-order valence-corrected chi connectivity index (χ4v) is 2.71. The fourth-order valence-electron chi connectivity index (χ4n) is 1.88. The van der Waals surface area contributed by atoms with Gasteiger partial charge in [-0.25, -0.2) is 4.79 Å². The van der Waals surface area contributed by atoms with E-state index in [1.165, 1.54) is 6.07 Å². The topological polar surface area (TPSA) is 55.4 Å². The molecule has 6 heteroatoms. The Hall–Kier alpha value is -1.60. The number of anilines is 1. The second-order valence-corrected chi connectivity index (χ2v) is 6.65. The molecule has 0 aliphatic heterocycles. The summed E-state index contributed by atoms with van der Waals surface area (Å²) in [6.45, 7) is 3.52. The summed E-state index contributed by atoms with van der Waals surface area (Å²) in [6.07, 6.45) is -0.247. The summed E-state index contributed by atoms with van der Waals surface area (Å²) in [5.74, 6) is -0.768. The first-order valence-corrected chi connectivity index (χ1v) is 8.40. The van der Waals surface area contributed by atoms with Crippen LogP contribution in [-0.2, 0) is 4.74 Å². The van der Waals surface area contributed by atoms with E-state index in [9.17, 15) is 9.59 Å². The summed E-state index contributed by atoms with van der Waals surface area (Å²) in [5.41, 5.74) is 1.27. The van der Waals surface area contributed by atoms with Gasteiger partial charge in [-0.15, -0.1) is 0 Å². The Kier molecular flexibility index (Phi) is 6.01. The molecule has 0 unspecified atom stereocenters. The first kappa shape index (κ1) is 17.7. The van der Waals surface area contributed by atoms with Gasteiger partial charge in [0.25, 0.3) is 5.91 Å². The number of carbonyl (C=O) groups is 2. The van der Waals surface area contributed by atoms with Gasteiger partial charge in [-0.2, -0.15) is 0 Å². The molecule has 120 valence electrons. The number of halogens is 2. The molecule has 0 saturated carbocycles. The number of rotatable bonds is 4. The van der Waals surface area contributed by atoms with Crippen LogP contribution >= 0.6 is 34.2 Å². The number of nitrogens with one attached hydrogen (secondary N) is 1. The van der Waals surface area contributed by atoms with Gasteiger partial charge in [-0.1, -0.05) is 23.7 Å². The normalized spacial score (nSPS) is 10.5. The van der Waals surface area contributed by atoms with E-state index in [1.54, 1.807) is 38.1 Å². The molecule has 2 aromatic carbocycles. The van der Waals surface area contributed by atoms with Crippen molar-refractivity contribution in [2.45, 2.75) is 20.0 Å². The quantitative estimate of drug-likeness (QED) is 0.547. The van der Waals surface area contributed by atoms with Gasteiger partial charge >= 0.3 is 5.97 Å². The van der Waals surface area contributed by atoms with E-state index in [4.69, 9.17) is 16.3 Å². The van der Waals surface area contributed by atoms with Crippen LogP contribution in [0.25, 0.3) is 0 Å². The smallest absolute Gasteiger partial charge is 0.339 e. The number of hydrogen-bond donors (Lipinski definition) is 1. The molecule has 0 fully saturated rings. The number of benzene rings is 2. The molecular formula is C17H15ClINO3. The molecule has 23 heavy (non-hydrogen) atoms. The molecule has 0 spiro atoms. The summed E-state index contributed by atoms with van der Waals surface area (Å²) in [6, 6.07) is 12.0. The maximum Gasteiger partial charge on any atom is 0.339 e. The standard InChI is InChI=1S/C17H15ClINO3/c1-10(2)23-17(22)13-9-11(7-8-14(13)18)20-16(21)12-5-3-4-6-15(12)19/h3-10H,1-2H3,(H,20,21). The van der Waals surface area contributed by atoms with Crippen LogP contribution in [0, 0.1) is 3.57 Å². The molecule has 2 aromatic rings. The second-order valence-electron chi connectivity index (χ2n) is 5.08. The van der Waals surface area contributed by atoms with Crippen LogP contribution in [0.3, 0.4) is 0 Å². The Morgan fingerprint density at radius 1 is 1.13 bits per heavy atom. The van der Waals surface area contributed by atoms with E-state index in [1.807, 2.05) is 12.1 Å². The molecule has 0 atom stereocenters. The highest BCUT2D eigenvalue weighted by Crippen LogP contribution is 2.23. The van der Waals surface area contributed by atoms with Crippen molar-refractivity contribution < 1.29 is 14.3 Å². The third kappa shape index (κ3) is 4.68. The zero-order valence-electron chi connectivity index (χ0n) is 12.6. The highest BCUT2D eigenvalue weighted by atomic mass is 127. The Labute approximate surface area is 153 Å². The molecule has 0 bridgehead atoms. The van der Waals surface area contributed by atoms with Crippen molar-refractivity contribution in [1.82, 2.24) is 0 Å². The predicted molar refractivity (Wildman–Crippen MR) is 99.1 cm³/mol. The van der Waals surface area contributed by atoms with Crippen molar-refractivity contribution >= 4 is 51.8 Å². The van der Waals surface area contributed by atoms with E-state index in [-0.39, 0.29) is 22.6 Å². The van der Waals surface area contributed by atoms with Gasteiger partial charge in [0.1, 0.15) is 0 Å². The van der Waals surface area contributed by atoms with E-state index in [0.29, 0.717) is 11.3 Å². The third-order valence-electron chi connectivity index (χ3n) is 2.91. The summed E-state index contributed by atoms with van der Waals surface area (Å²) in [5, 5.41) is 3.05. The Morgan fingerprint density at radius 2 is 1.83 bits per heavy atom. The van der Waals surface area contributed by atoms with Crippen LogP contribution in [0.15, 0.2) is 42.5 Å². The lowest BCUT2D eigenvalue weighted by Crippen LogP contribution is -2.15. The van der Waals surface area contributed by atoms with Crippen molar-refractivity contribution in [1.29, 1.82) is 0 Å². The van der Waals surface area contributed by atoms with E-state index in [0.717, 1.165) is 3.57 Å². The number of hydrogen-bond acceptors (Lipinski definition) is 3. The molecule has 0 heterocycles. The number of carbonyl (C=O) groups excluding carboxylic acids is 2. The van der Waals surface area contributed by atoms with Crippen molar-refractivity contribution in [2.24, 2.45) is 0 Å².